The quantitative estimate of drug-likeness (QED) is 0.731. The van der Waals surface area contributed by atoms with E-state index < -0.39 is 17.5 Å². The molecule has 0 bridgehead atoms. The number of amides is 3. The predicted molar refractivity (Wildman–Crippen MR) is 108 cm³/mol. The standard InChI is InChI=1S/C22H33F3N4O2/c23-22(24,25)21(9-10-21)19(30)28-13-5-15(6-14-28)27-11-7-16(8-12-27)29-18-4-2-1-3-17(18)26-20(29)31/h15-18H,1-14H2,(H,26,31)/t17-,18-/m0/s1. The van der Waals surface area contributed by atoms with Gasteiger partial charge in [0.05, 0.1) is 12.1 Å². The van der Waals surface area contributed by atoms with Crippen LogP contribution < -0.4 is 5.32 Å². The molecule has 3 saturated heterocycles. The lowest BCUT2D eigenvalue weighted by Gasteiger charge is -2.45. The molecule has 2 atom stereocenters. The third-order valence-electron chi connectivity index (χ3n) is 8.49. The molecule has 3 heterocycles. The molecule has 5 aliphatic rings. The molecule has 31 heavy (non-hydrogen) atoms. The van der Waals surface area contributed by atoms with Crippen LogP contribution in [-0.4, -0.2) is 83.2 Å². The molecule has 6 nitrogen and oxygen atoms in total. The second-order valence-electron chi connectivity index (χ2n) is 10.2. The zero-order valence-corrected chi connectivity index (χ0v) is 18.0. The van der Waals surface area contributed by atoms with Crippen molar-refractivity contribution >= 4 is 11.9 Å². The molecule has 5 fully saturated rings. The van der Waals surface area contributed by atoms with Crippen molar-refractivity contribution in [3.8, 4) is 0 Å². The number of nitrogens with zero attached hydrogens (tertiary/aromatic N) is 3. The van der Waals surface area contributed by atoms with E-state index in [0.717, 1.165) is 51.6 Å². The molecule has 0 spiro atoms. The normalized spacial score (nSPS) is 32.7. The molecule has 0 unspecified atom stereocenters. The van der Waals surface area contributed by atoms with Gasteiger partial charge >= 0.3 is 12.2 Å². The van der Waals surface area contributed by atoms with Crippen molar-refractivity contribution in [2.45, 2.75) is 94.6 Å². The first kappa shape index (κ1) is 21.3. The van der Waals surface area contributed by atoms with Gasteiger partial charge in [0.1, 0.15) is 5.41 Å². The van der Waals surface area contributed by atoms with Crippen LogP contribution in [-0.2, 0) is 4.79 Å². The number of nitrogens with one attached hydrogen (secondary N) is 1. The summed E-state index contributed by atoms with van der Waals surface area (Å²) in [6.07, 6.45) is 3.38. The summed E-state index contributed by atoms with van der Waals surface area (Å²) in [5.41, 5.74) is -2.09. The van der Waals surface area contributed by atoms with E-state index in [9.17, 15) is 22.8 Å². The number of piperidine rings is 2. The molecular weight excluding hydrogens is 409 g/mol. The van der Waals surface area contributed by atoms with Crippen molar-refractivity contribution in [3.05, 3.63) is 0 Å². The number of hydrogen-bond acceptors (Lipinski definition) is 3. The molecule has 0 aromatic rings. The molecule has 2 saturated carbocycles. The van der Waals surface area contributed by atoms with Gasteiger partial charge in [-0.1, -0.05) is 12.8 Å². The Morgan fingerprint density at radius 2 is 1.52 bits per heavy atom. The smallest absolute Gasteiger partial charge is 0.342 e. The number of fused-ring (bicyclic) bond motifs is 1. The van der Waals surface area contributed by atoms with E-state index in [1.165, 1.54) is 17.7 Å². The van der Waals surface area contributed by atoms with Crippen LogP contribution in [0.3, 0.4) is 0 Å². The van der Waals surface area contributed by atoms with E-state index >= 15 is 0 Å². The number of likely N-dealkylation sites (tertiary alicyclic amines) is 2. The summed E-state index contributed by atoms with van der Waals surface area (Å²) in [5.74, 6) is -0.709. The van der Waals surface area contributed by atoms with Crippen molar-refractivity contribution in [1.29, 1.82) is 0 Å². The van der Waals surface area contributed by atoms with E-state index in [1.54, 1.807) is 0 Å². The van der Waals surface area contributed by atoms with Crippen LogP contribution in [0.25, 0.3) is 0 Å². The molecule has 3 aliphatic heterocycles. The van der Waals surface area contributed by atoms with Gasteiger partial charge < -0.3 is 20.0 Å². The topological polar surface area (TPSA) is 55.9 Å². The Morgan fingerprint density at radius 1 is 0.903 bits per heavy atom. The molecule has 9 heteroatoms. The molecule has 0 radical (unpaired) electrons. The van der Waals surface area contributed by atoms with Gasteiger partial charge in [-0.25, -0.2) is 4.79 Å². The minimum atomic E-state index is -4.43. The fraction of sp³-hybridized carbons (Fsp3) is 0.909. The van der Waals surface area contributed by atoms with E-state index in [-0.39, 0.29) is 24.9 Å². The highest BCUT2D eigenvalue weighted by molar-refractivity contribution is 5.86. The van der Waals surface area contributed by atoms with Crippen molar-refractivity contribution < 1.29 is 22.8 Å². The Hall–Kier alpha value is -1.51. The van der Waals surface area contributed by atoms with E-state index in [0.29, 0.717) is 31.2 Å². The SMILES string of the molecule is O=C1N[C@H]2CCCC[C@@H]2N1C1CCN(C2CCN(C(=O)C3(C(F)(F)F)CC3)CC2)CC1. The highest BCUT2D eigenvalue weighted by Crippen LogP contribution is 2.58. The fourth-order valence-corrected chi connectivity index (χ4v) is 6.44. The summed E-state index contributed by atoms with van der Waals surface area (Å²) in [7, 11) is 0. The number of carbonyl (C=O) groups excluding carboxylic acids is 2. The Kier molecular flexibility index (Phi) is 5.38. The van der Waals surface area contributed by atoms with Gasteiger partial charge in [0.2, 0.25) is 5.91 Å². The van der Waals surface area contributed by atoms with Gasteiger partial charge in [0.25, 0.3) is 0 Å². The van der Waals surface area contributed by atoms with Crippen LogP contribution in [0, 0.1) is 5.41 Å². The number of alkyl halides is 3. The molecule has 0 aromatic carbocycles. The van der Waals surface area contributed by atoms with Crippen molar-refractivity contribution in [2.24, 2.45) is 5.41 Å². The summed E-state index contributed by atoms with van der Waals surface area (Å²) >= 11 is 0. The van der Waals surface area contributed by atoms with E-state index in [2.05, 4.69) is 15.1 Å². The number of halogens is 3. The summed E-state index contributed by atoms with van der Waals surface area (Å²) in [6.45, 7) is 2.66. The van der Waals surface area contributed by atoms with Gasteiger partial charge in [-0.3, -0.25) is 4.79 Å². The molecule has 1 N–H and O–H groups in total. The largest absolute Gasteiger partial charge is 0.403 e. The molecule has 3 amide bonds. The minimum absolute atomic E-state index is 0.0608. The van der Waals surface area contributed by atoms with E-state index in [1.807, 2.05) is 0 Å². The Bertz CT molecular complexity index is 710. The number of carbonyl (C=O) groups is 2. The fourth-order valence-electron chi connectivity index (χ4n) is 6.44. The third kappa shape index (κ3) is 3.70. The Balaban J connectivity index is 1.12. The van der Waals surface area contributed by atoms with E-state index in [4.69, 9.17) is 0 Å². The summed E-state index contributed by atoms with van der Waals surface area (Å²) in [5, 5.41) is 3.18. The maximum atomic E-state index is 13.3. The highest BCUT2D eigenvalue weighted by atomic mass is 19.4. The van der Waals surface area contributed by atoms with Crippen molar-refractivity contribution in [2.75, 3.05) is 26.2 Å². The zero-order chi connectivity index (χ0) is 21.8. The zero-order valence-electron chi connectivity index (χ0n) is 18.0. The first-order chi connectivity index (χ1) is 14.8. The molecule has 2 aliphatic carbocycles. The van der Waals surface area contributed by atoms with Crippen LogP contribution >= 0.6 is 0 Å². The van der Waals surface area contributed by atoms with Crippen molar-refractivity contribution in [3.63, 3.8) is 0 Å². The van der Waals surface area contributed by atoms with Gasteiger partial charge in [-0.15, -0.1) is 0 Å². The van der Waals surface area contributed by atoms with Crippen molar-refractivity contribution in [1.82, 2.24) is 20.0 Å². The number of rotatable bonds is 3. The van der Waals surface area contributed by atoms with Crippen LogP contribution in [0.4, 0.5) is 18.0 Å². The maximum absolute atomic E-state index is 13.3. The third-order valence-corrected chi connectivity index (χ3v) is 8.49. The van der Waals surface area contributed by atoms with Gasteiger partial charge in [-0.2, -0.15) is 13.2 Å². The van der Waals surface area contributed by atoms with Crippen LogP contribution in [0.5, 0.6) is 0 Å². The second-order valence-corrected chi connectivity index (χ2v) is 10.2. The molecular formula is C22H33F3N4O2. The Morgan fingerprint density at radius 3 is 2.13 bits per heavy atom. The molecule has 174 valence electrons. The second kappa shape index (κ2) is 7.81. The average molecular weight is 443 g/mol. The maximum Gasteiger partial charge on any atom is 0.403 e. The average Bonchev–Trinajstić information content (AvgIpc) is 3.52. The van der Waals surface area contributed by atoms with Crippen LogP contribution in [0.2, 0.25) is 0 Å². The molecule has 0 aromatic heterocycles. The van der Waals surface area contributed by atoms with Crippen LogP contribution in [0.1, 0.15) is 64.2 Å². The number of urea groups is 1. The summed E-state index contributed by atoms with van der Waals surface area (Å²) in [4.78, 5) is 31.1. The monoisotopic (exact) mass is 442 g/mol. The first-order valence-corrected chi connectivity index (χ1v) is 12.0. The minimum Gasteiger partial charge on any atom is -0.342 e. The van der Waals surface area contributed by atoms with Gasteiger partial charge in [-0.05, 0) is 51.4 Å². The summed E-state index contributed by atoms with van der Waals surface area (Å²) in [6, 6.07) is 1.36. The lowest BCUT2D eigenvalue weighted by atomic mass is 9.89. The van der Waals surface area contributed by atoms with Gasteiger partial charge in [0.15, 0.2) is 0 Å². The van der Waals surface area contributed by atoms with Gasteiger partial charge in [0, 0.05) is 38.3 Å². The first-order valence-electron chi connectivity index (χ1n) is 12.0. The molecule has 5 rings (SSSR count). The lowest BCUT2D eigenvalue weighted by molar-refractivity contribution is -0.199. The summed E-state index contributed by atoms with van der Waals surface area (Å²) < 4.78 is 39.8. The highest BCUT2D eigenvalue weighted by Gasteiger charge is 2.69. The Labute approximate surface area is 181 Å². The predicted octanol–water partition coefficient (Wildman–Crippen LogP) is 3.12. The lowest BCUT2D eigenvalue weighted by Crippen LogP contribution is -2.54. The van der Waals surface area contributed by atoms with Crippen LogP contribution in [0.15, 0.2) is 0 Å². The number of hydrogen-bond donors (Lipinski definition) is 1.